The molecule has 1 heterocycles. The van der Waals surface area contributed by atoms with Gasteiger partial charge in [-0.3, -0.25) is 9.48 Å². The van der Waals surface area contributed by atoms with Gasteiger partial charge in [-0.15, -0.1) is 6.58 Å². The lowest BCUT2D eigenvalue weighted by molar-refractivity contribution is -0.133. The minimum absolute atomic E-state index is 0.0120. The molecule has 0 unspecified atom stereocenters. The van der Waals surface area contributed by atoms with Crippen molar-refractivity contribution >= 4 is 11.7 Å². The number of nitrogens with zero attached hydrogens (tertiary/aromatic N) is 3. The topological polar surface area (TPSA) is 64.2 Å². The largest absolute Gasteiger partial charge is 0.382 e. The van der Waals surface area contributed by atoms with Crippen LogP contribution < -0.4 is 5.73 Å². The van der Waals surface area contributed by atoms with E-state index in [4.69, 9.17) is 5.73 Å². The zero-order valence-corrected chi connectivity index (χ0v) is 9.76. The van der Waals surface area contributed by atoms with E-state index in [1.807, 2.05) is 13.8 Å². The second kappa shape index (κ2) is 5.34. The Hall–Kier alpha value is -1.78. The van der Waals surface area contributed by atoms with Gasteiger partial charge in [-0.05, 0) is 19.9 Å². The number of rotatable bonds is 5. The van der Waals surface area contributed by atoms with E-state index in [1.54, 1.807) is 23.2 Å². The predicted octanol–water partition coefficient (Wildman–Crippen LogP) is 0.888. The van der Waals surface area contributed by atoms with Gasteiger partial charge in [0.25, 0.3) is 0 Å². The average Bonchev–Trinajstić information content (AvgIpc) is 2.59. The van der Waals surface area contributed by atoms with Crippen molar-refractivity contribution in [2.75, 3.05) is 12.3 Å². The Labute approximate surface area is 95.5 Å². The van der Waals surface area contributed by atoms with Crippen LogP contribution in [0.1, 0.15) is 13.8 Å². The minimum Gasteiger partial charge on any atom is -0.382 e. The lowest BCUT2D eigenvalue weighted by atomic mass is 10.3. The molecule has 0 aliphatic heterocycles. The van der Waals surface area contributed by atoms with Gasteiger partial charge in [0, 0.05) is 18.8 Å². The molecule has 0 bridgehead atoms. The summed E-state index contributed by atoms with van der Waals surface area (Å²) in [4.78, 5) is 13.7. The highest BCUT2D eigenvalue weighted by Crippen LogP contribution is 2.02. The van der Waals surface area contributed by atoms with E-state index >= 15 is 0 Å². The summed E-state index contributed by atoms with van der Waals surface area (Å²) < 4.78 is 1.54. The third kappa shape index (κ3) is 3.12. The Morgan fingerprint density at radius 2 is 2.44 bits per heavy atom. The molecule has 5 heteroatoms. The SMILES string of the molecule is C=CCN(C(=O)Cn1ccc(N)n1)C(C)C. The van der Waals surface area contributed by atoms with Gasteiger partial charge in [0.05, 0.1) is 0 Å². The summed E-state index contributed by atoms with van der Waals surface area (Å²) in [5.74, 6) is 0.436. The summed E-state index contributed by atoms with van der Waals surface area (Å²) in [6, 6.07) is 1.82. The van der Waals surface area contributed by atoms with Gasteiger partial charge in [-0.1, -0.05) is 6.08 Å². The van der Waals surface area contributed by atoms with Crippen LogP contribution >= 0.6 is 0 Å². The van der Waals surface area contributed by atoms with Crippen molar-refractivity contribution in [2.45, 2.75) is 26.4 Å². The molecule has 1 rings (SSSR count). The van der Waals surface area contributed by atoms with Crippen LogP contribution in [-0.2, 0) is 11.3 Å². The van der Waals surface area contributed by atoms with Crippen molar-refractivity contribution in [3.8, 4) is 0 Å². The first kappa shape index (κ1) is 12.3. The van der Waals surface area contributed by atoms with E-state index < -0.39 is 0 Å². The number of nitrogen functional groups attached to an aromatic ring is 1. The molecule has 0 fully saturated rings. The minimum atomic E-state index is 0.0120. The molecule has 88 valence electrons. The van der Waals surface area contributed by atoms with Gasteiger partial charge in [0.1, 0.15) is 12.4 Å². The fraction of sp³-hybridized carbons (Fsp3) is 0.455. The number of hydrogen-bond acceptors (Lipinski definition) is 3. The Balaban J connectivity index is 2.65. The molecule has 0 aliphatic carbocycles. The van der Waals surface area contributed by atoms with Crippen molar-refractivity contribution in [3.63, 3.8) is 0 Å². The van der Waals surface area contributed by atoms with Crippen LogP contribution in [0.2, 0.25) is 0 Å². The lowest BCUT2D eigenvalue weighted by Crippen LogP contribution is -2.39. The number of anilines is 1. The first-order valence-corrected chi connectivity index (χ1v) is 5.24. The lowest BCUT2D eigenvalue weighted by Gasteiger charge is -2.25. The smallest absolute Gasteiger partial charge is 0.244 e. The summed E-state index contributed by atoms with van der Waals surface area (Å²) in [7, 11) is 0. The van der Waals surface area contributed by atoms with E-state index in [9.17, 15) is 4.79 Å². The van der Waals surface area contributed by atoms with Crippen molar-refractivity contribution < 1.29 is 4.79 Å². The van der Waals surface area contributed by atoms with Crippen molar-refractivity contribution in [1.29, 1.82) is 0 Å². The summed E-state index contributed by atoms with van der Waals surface area (Å²) in [5, 5.41) is 3.97. The predicted molar refractivity (Wildman–Crippen MR) is 63.7 cm³/mol. The van der Waals surface area contributed by atoms with Gasteiger partial charge >= 0.3 is 0 Å². The number of aromatic nitrogens is 2. The first-order valence-electron chi connectivity index (χ1n) is 5.24. The molecule has 0 spiro atoms. The Morgan fingerprint density at radius 1 is 1.75 bits per heavy atom. The second-order valence-corrected chi connectivity index (χ2v) is 3.87. The maximum Gasteiger partial charge on any atom is 0.244 e. The van der Waals surface area contributed by atoms with Crippen LogP contribution in [0.5, 0.6) is 0 Å². The number of carbonyl (C=O) groups excluding carboxylic acids is 1. The molecule has 1 aromatic heterocycles. The normalized spacial score (nSPS) is 10.4. The molecule has 2 N–H and O–H groups in total. The van der Waals surface area contributed by atoms with Crippen LogP contribution in [-0.4, -0.2) is 33.2 Å². The third-order valence-corrected chi connectivity index (χ3v) is 2.23. The van der Waals surface area contributed by atoms with Crippen molar-refractivity contribution in [1.82, 2.24) is 14.7 Å². The fourth-order valence-electron chi connectivity index (χ4n) is 1.43. The van der Waals surface area contributed by atoms with Gasteiger partial charge in [-0.2, -0.15) is 5.10 Å². The number of carbonyl (C=O) groups is 1. The maximum absolute atomic E-state index is 11.9. The maximum atomic E-state index is 11.9. The van der Waals surface area contributed by atoms with Crippen LogP contribution in [0.4, 0.5) is 5.82 Å². The highest BCUT2D eigenvalue weighted by molar-refractivity contribution is 5.76. The average molecular weight is 222 g/mol. The molecule has 0 saturated heterocycles. The summed E-state index contributed by atoms with van der Waals surface area (Å²) >= 11 is 0. The molecule has 1 amide bonds. The number of nitrogens with two attached hydrogens (primary N) is 1. The van der Waals surface area contributed by atoms with E-state index in [0.29, 0.717) is 12.4 Å². The van der Waals surface area contributed by atoms with E-state index in [2.05, 4.69) is 11.7 Å². The number of hydrogen-bond donors (Lipinski definition) is 1. The molecule has 0 radical (unpaired) electrons. The first-order chi connectivity index (χ1) is 7.54. The highest BCUT2D eigenvalue weighted by Gasteiger charge is 2.15. The van der Waals surface area contributed by atoms with Crippen molar-refractivity contribution in [3.05, 3.63) is 24.9 Å². The second-order valence-electron chi connectivity index (χ2n) is 3.87. The van der Waals surface area contributed by atoms with Crippen LogP contribution in [0.3, 0.4) is 0 Å². The Bertz CT molecular complexity index is 370. The van der Waals surface area contributed by atoms with Gasteiger partial charge in [0.2, 0.25) is 5.91 Å². The van der Waals surface area contributed by atoms with Crippen molar-refractivity contribution in [2.24, 2.45) is 0 Å². The van der Waals surface area contributed by atoms with Crippen LogP contribution in [0.15, 0.2) is 24.9 Å². The van der Waals surface area contributed by atoms with Gasteiger partial charge in [0.15, 0.2) is 0 Å². The zero-order valence-electron chi connectivity index (χ0n) is 9.76. The van der Waals surface area contributed by atoms with Gasteiger partial charge in [-0.25, -0.2) is 0 Å². The zero-order chi connectivity index (χ0) is 12.1. The van der Waals surface area contributed by atoms with Crippen LogP contribution in [0.25, 0.3) is 0 Å². The molecule has 16 heavy (non-hydrogen) atoms. The summed E-state index contributed by atoms with van der Waals surface area (Å²) in [6.07, 6.45) is 3.41. The molecule has 0 saturated carbocycles. The standard InChI is InChI=1S/C11H18N4O/c1-4-6-15(9(2)3)11(16)8-14-7-5-10(12)13-14/h4-5,7,9H,1,6,8H2,2-3H3,(H2,12,13). The monoisotopic (exact) mass is 222 g/mol. The van der Waals surface area contributed by atoms with E-state index in [0.717, 1.165) is 0 Å². The Morgan fingerprint density at radius 3 is 2.88 bits per heavy atom. The summed E-state index contributed by atoms with van der Waals surface area (Å²) in [6.45, 7) is 8.34. The molecule has 0 aliphatic rings. The van der Waals surface area contributed by atoms with Crippen LogP contribution in [0, 0.1) is 0 Å². The highest BCUT2D eigenvalue weighted by atomic mass is 16.2. The molecular weight excluding hydrogens is 204 g/mol. The fourth-order valence-corrected chi connectivity index (χ4v) is 1.43. The Kier molecular flexibility index (Phi) is 4.10. The molecule has 0 aromatic carbocycles. The van der Waals surface area contributed by atoms with E-state index in [1.165, 1.54) is 4.68 Å². The quantitative estimate of drug-likeness (QED) is 0.752. The molecule has 1 aromatic rings. The number of amides is 1. The molecular formula is C11H18N4O. The molecule has 5 nitrogen and oxygen atoms in total. The van der Waals surface area contributed by atoms with Gasteiger partial charge < -0.3 is 10.6 Å². The third-order valence-electron chi connectivity index (χ3n) is 2.23. The molecule has 0 atom stereocenters. The summed E-state index contributed by atoms with van der Waals surface area (Å²) in [5.41, 5.74) is 5.48. The van der Waals surface area contributed by atoms with E-state index in [-0.39, 0.29) is 18.5 Å².